The maximum atomic E-state index is 12.3. The number of hydrogen-bond acceptors (Lipinski definition) is 2. The van der Waals surface area contributed by atoms with Crippen molar-refractivity contribution in [2.24, 2.45) is 4.99 Å². The molecule has 24 heavy (non-hydrogen) atoms. The summed E-state index contributed by atoms with van der Waals surface area (Å²) in [7, 11) is 0. The van der Waals surface area contributed by atoms with Crippen molar-refractivity contribution in [3.8, 4) is 0 Å². The Morgan fingerprint density at radius 2 is 1.96 bits per heavy atom. The van der Waals surface area contributed by atoms with Crippen molar-refractivity contribution in [1.82, 2.24) is 4.57 Å². The molecule has 0 saturated heterocycles. The van der Waals surface area contributed by atoms with Gasteiger partial charge in [0.05, 0.1) is 15.2 Å². The van der Waals surface area contributed by atoms with Crippen LogP contribution in [0.2, 0.25) is 5.02 Å². The van der Waals surface area contributed by atoms with Crippen LogP contribution in [0.1, 0.15) is 25.3 Å². The largest absolute Gasteiger partial charge is 0.315 e. The predicted octanol–water partition coefficient (Wildman–Crippen LogP) is 4.83. The number of fused-ring (bicyclic) bond motifs is 1. The average Bonchev–Trinajstić information content (AvgIpc) is 2.93. The van der Waals surface area contributed by atoms with Crippen LogP contribution in [-0.2, 0) is 17.8 Å². The number of carbonyl (C=O) groups is 1. The fourth-order valence-electron chi connectivity index (χ4n) is 2.66. The van der Waals surface area contributed by atoms with Crippen molar-refractivity contribution in [2.45, 2.75) is 32.7 Å². The fourth-order valence-corrected chi connectivity index (χ4v) is 4.09. The van der Waals surface area contributed by atoms with Gasteiger partial charge in [-0.25, -0.2) is 0 Å². The lowest BCUT2D eigenvalue weighted by Crippen LogP contribution is -2.17. The van der Waals surface area contributed by atoms with Crippen molar-refractivity contribution >= 4 is 39.1 Å². The van der Waals surface area contributed by atoms with Crippen molar-refractivity contribution in [2.75, 3.05) is 0 Å². The van der Waals surface area contributed by atoms with Crippen LogP contribution in [0.5, 0.6) is 0 Å². The number of nitrogens with zero attached hydrogens (tertiary/aromatic N) is 2. The van der Waals surface area contributed by atoms with Crippen LogP contribution in [0.15, 0.2) is 53.5 Å². The summed E-state index contributed by atoms with van der Waals surface area (Å²) in [6.45, 7) is 2.91. The number of aromatic nitrogens is 1. The molecule has 0 atom stereocenters. The summed E-state index contributed by atoms with van der Waals surface area (Å²) in [5.41, 5.74) is 2.13. The summed E-state index contributed by atoms with van der Waals surface area (Å²) >= 11 is 7.87. The fraction of sp³-hybridized carbons (Fsp3) is 0.263. The third-order valence-electron chi connectivity index (χ3n) is 3.79. The first-order chi connectivity index (χ1) is 11.7. The van der Waals surface area contributed by atoms with Crippen LogP contribution in [0, 0.1) is 0 Å². The zero-order valence-electron chi connectivity index (χ0n) is 13.5. The van der Waals surface area contributed by atoms with E-state index in [-0.39, 0.29) is 5.91 Å². The predicted molar refractivity (Wildman–Crippen MR) is 100 cm³/mol. The monoisotopic (exact) mass is 358 g/mol. The Morgan fingerprint density at radius 3 is 2.71 bits per heavy atom. The third kappa shape index (κ3) is 3.77. The van der Waals surface area contributed by atoms with Crippen molar-refractivity contribution < 1.29 is 4.79 Å². The number of benzene rings is 2. The van der Waals surface area contributed by atoms with E-state index < -0.39 is 0 Å². The van der Waals surface area contributed by atoms with E-state index >= 15 is 0 Å². The molecule has 0 saturated carbocycles. The van der Waals surface area contributed by atoms with Crippen molar-refractivity contribution in [1.29, 1.82) is 0 Å². The molecular weight excluding hydrogens is 340 g/mol. The molecule has 0 bridgehead atoms. The first-order valence-electron chi connectivity index (χ1n) is 8.08. The van der Waals surface area contributed by atoms with E-state index in [0.717, 1.165) is 33.5 Å². The minimum absolute atomic E-state index is 0.0913. The Balaban J connectivity index is 1.90. The average molecular weight is 359 g/mol. The molecule has 1 aromatic heterocycles. The lowest BCUT2D eigenvalue weighted by molar-refractivity contribution is -0.118. The van der Waals surface area contributed by atoms with Crippen LogP contribution in [0.4, 0.5) is 0 Å². The Bertz CT molecular complexity index is 912. The molecule has 124 valence electrons. The number of thiazole rings is 1. The first kappa shape index (κ1) is 16.9. The van der Waals surface area contributed by atoms with E-state index in [1.807, 2.05) is 48.5 Å². The van der Waals surface area contributed by atoms with Crippen molar-refractivity contribution in [3.05, 3.63) is 63.9 Å². The molecule has 0 aliphatic carbocycles. The highest BCUT2D eigenvalue weighted by Gasteiger charge is 2.10. The molecule has 1 heterocycles. The van der Waals surface area contributed by atoms with Crippen LogP contribution in [0.3, 0.4) is 0 Å². The molecule has 0 aliphatic heterocycles. The summed E-state index contributed by atoms with van der Waals surface area (Å²) in [4.78, 5) is 17.4. The van der Waals surface area contributed by atoms with Gasteiger partial charge in [0.1, 0.15) is 0 Å². The molecule has 0 unspecified atom stereocenters. The number of para-hydroxylation sites is 1. The highest BCUT2D eigenvalue weighted by atomic mass is 35.5. The molecule has 0 aliphatic rings. The molecule has 0 radical (unpaired) electrons. The Kier molecular flexibility index (Phi) is 5.48. The zero-order valence-corrected chi connectivity index (χ0v) is 15.1. The molecule has 1 amide bonds. The molecule has 3 nitrogen and oxygen atoms in total. The Hall–Kier alpha value is -1.91. The van der Waals surface area contributed by atoms with Gasteiger partial charge in [0.2, 0.25) is 5.91 Å². The van der Waals surface area contributed by atoms with Crippen molar-refractivity contribution in [3.63, 3.8) is 0 Å². The number of rotatable bonds is 5. The lowest BCUT2D eigenvalue weighted by Gasteiger charge is -2.04. The summed E-state index contributed by atoms with van der Waals surface area (Å²) < 4.78 is 3.12. The van der Waals surface area contributed by atoms with Gasteiger partial charge in [-0.1, -0.05) is 66.3 Å². The van der Waals surface area contributed by atoms with Gasteiger partial charge in [0, 0.05) is 13.0 Å². The number of hydrogen-bond donors (Lipinski definition) is 0. The van der Waals surface area contributed by atoms with Crippen LogP contribution >= 0.6 is 22.9 Å². The van der Waals surface area contributed by atoms with E-state index in [0.29, 0.717) is 17.9 Å². The van der Waals surface area contributed by atoms with Gasteiger partial charge in [-0.3, -0.25) is 4.79 Å². The summed E-state index contributed by atoms with van der Waals surface area (Å²) in [6, 6.07) is 15.8. The molecule has 0 fully saturated rings. The van der Waals surface area contributed by atoms with Gasteiger partial charge in [-0.2, -0.15) is 4.99 Å². The second-order valence-electron chi connectivity index (χ2n) is 5.61. The molecule has 0 N–H and O–H groups in total. The first-order valence-corrected chi connectivity index (χ1v) is 9.28. The number of halogens is 1. The molecule has 2 aromatic carbocycles. The van der Waals surface area contributed by atoms with Gasteiger partial charge in [-0.05, 0) is 30.5 Å². The maximum Gasteiger partial charge on any atom is 0.248 e. The molecule has 0 spiro atoms. The molecular formula is C19H19ClN2OS. The van der Waals surface area contributed by atoms with E-state index in [9.17, 15) is 4.79 Å². The Labute approximate surface area is 150 Å². The number of carbonyl (C=O) groups excluding carboxylic acids is 1. The number of aryl methyl sites for hydroxylation is 2. The normalized spacial score (nSPS) is 12.0. The minimum atomic E-state index is -0.0913. The van der Waals surface area contributed by atoms with Crippen LogP contribution in [0.25, 0.3) is 10.2 Å². The van der Waals surface area contributed by atoms with Gasteiger partial charge in [0.25, 0.3) is 0 Å². The standard InChI is InChI=1S/C19H19ClN2OS/c1-2-13-22-18-15(20)9-6-10-16(18)24-19(22)21-17(23)12-11-14-7-4-3-5-8-14/h3-10H,2,11-13H2,1H3. The second kappa shape index (κ2) is 7.77. The lowest BCUT2D eigenvalue weighted by atomic mass is 10.1. The SMILES string of the molecule is CCCn1c(=NC(=O)CCc2ccccc2)sc2cccc(Cl)c21. The maximum absolute atomic E-state index is 12.3. The van der Waals surface area contributed by atoms with Gasteiger partial charge >= 0.3 is 0 Å². The second-order valence-corrected chi connectivity index (χ2v) is 7.03. The molecule has 3 aromatic rings. The number of amides is 1. The van der Waals surface area contributed by atoms with Gasteiger partial charge in [0.15, 0.2) is 4.80 Å². The summed E-state index contributed by atoms with van der Waals surface area (Å²) in [5, 5.41) is 0.704. The van der Waals surface area contributed by atoms with Crippen LogP contribution in [-0.4, -0.2) is 10.5 Å². The van der Waals surface area contributed by atoms with Gasteiger partial charge in [-0.15, -0.1) is 0 Å². The smallest absolute Gasteiger partial charge is 0.248 e. The highest BCUT2D eigenvalue weighted by molar-refractivity contribution is 7.16. The Morgan fingerprint density at radius 1 is 1.17 bits per heavy atom. The third-order valence-corrected chi connectivity index (χ3v) is 5.14. The molecule has 5 heteroatoms. The summed E-state index contributed by atoms with van der Waals surface area (Å²) in [6.07, 6.45) is 2.09. The molecule has 3 rings (SSSR count). The topological polar surface area (TPSA) is 34.4 Å². The van der Waals surface area contributed by atoms with E-state index in [1.54, 1.807) is 0 Å². The van der Waals surface area contributed by atoms with E-state index in [4.69, 9.17) is 11.6 Å². The van der Waals surface area contributed by atoms with E-state index in [2.05, 4.69) is 16.5 Å². The van der Waals surface area contributed by atoms with Crippen LogP contribution < -0.4 is 4.80 Å². The van der Waals surface area contributed by atoms with Gasteiger partial charge < -0.3 is 4.57 Å². The van der Waals surface area contributed by atoms with E-state index in [1.165, 1.54) is 11.3 Å². The highest BCUT2D eigenvalue weighted by Crippen LogP contribution is 2.25. The zero-order chi connectivity index (χ0) is 16.9. The quantitative estimate of drug-likeness (QED) is 0.643. The summed E-state index contributed by atoms with van der Waals surface area (Å²) in [5.74, 6) is -0.0913. The minimum Gasteiger partial charge on any atom is -0.315 e.